The van der Waals surface area contributed by atoms with E-state index in [1.165, 1.54) is 12.1 Å². The first kappa shape index (κ1) is 17.7. The van der Waals surface area contributed by atoms with E-state index in [4.69, 9.17) is 0 Å². The number of nitrogens with zero attached hydrogens (tertiary/aromatic N) is 2. The van der Waals surface area contributed by atoms with Gasteiger partial charge in [0.2, 0.25) is 5.91 Å². The van der Waals surface area contributed by atoms with Crippen molar-refractivity contribution in [2.24, 2.45) is 0 Å². The number of phenolic OH excluding ortho intramolecular Hbond substituents is 1. The summed E-state index contributed by atoms with van der Waals surface area (Å²) in [5.41, 5.74) is 0.590. The lowest BCUT2D eigenvalue weighted by molar-refractivity contribution is -0.131. The van der Waals surface area contributed by atoms with E-state index in [-0.39, 0.29) is 24.1 Å². The first-order valence-corrected chi connectivity index (χ1v) is 8.43. The monoisotopic (exact) mass is 322 g/mol. The molecular weight excluding hydrogens is 295 g/mol. The molecular formula is C18H27FN2O2. The number of likely N-dealkylation sites (N-methyl/N-ethyl adjacent to an activating group) is 1. The number of hydrogen-bond donors (Lipinski definition) is 1. The Hall–Kier alpha value is -1.62. The van der Waals surface area contributed by atoms with E-state index in [1.807, 2.05) is 7.05 Å². The van der Waals surface area contributed by atoms with Crippen LogP contribution < -0.4 is 0 Å². The number of benzene rings is 1. The predicted octanol–water partition coefficient (Wildman–Crippen LogP) is 2.80. The Morgan fingerprint density at radius 2 is 2.13 bits per heavy atom. The van der Waals surface area contributed by atoms with Crippen LogP contribution in [0.15, 0.2) is 18.2 Å². The zero-order valence-electron chi connectivity index (χ0n) is 14.3. The van der Waals surface area contributed by atoms with Gasteiger partial charge in [0.25, 0.3) is 0 Å². The van der Waals surface area contributed by atoms with Gasteiger partial charge in [-0.05, 0) is 37.0 Å². The van der Waals surface area contributed by atoms with E-state index < -0.39 is 5.82 Å². The Labute approximate surface area is 137 Å². The molecule has 0 aliphatic carbocycles. The van der Waals surface area contributed by atoms with Gasteiger partial charge in [-0.1, -0.05) is 19.9 Å². The van der Waals surface area contributed by atoms with Crippen LogP contribution in [0.5, 0.6) is 5.75 Å². The van der Waals surface area contributed by atoms with Crippen LogP contribution >= 0.6 is 0 Å². The zero-order valence-corrected chi connectivity index (χ0v) is 14.3. The fraction of sp³-hybridized carbons (Fsp3) is 0.611. The summed E-state index contributed by atoms with van der Waals surface area (Å²) in [6, 6.07) is 4.93. The number of phenols is 1. The fourth-order valence-electron chi connectivity index (χ4n) is 3.38. The van der Waals surface area contributed by atoms with Gasteiger partial charge in [-0.15, -0.1) is 0 Å². The SMILES string of the molecule is CCC(CC)N1CCC(N(C)C(=O)Cc2ccc(O)c(F)c2)C1. The number of amides is 1. The maximum atomic E-state index is 13.4. The Bertz CT molecular complexity index is 546. The number of carbonyl (C=O) groups is 1. The molecule has 0 radical (unpaired) electrons. The Kier molecular flexibility index (Phi) is 5.99. The largest absolute Gasteiger partial charge is 0.505 e. The number of carbonyl (C=O) groups excluding carboxylic acids is 1. The minimum absolute atomic E-state index is 0.00788. The summed E-state index contributed by atoms with van der Waals surface area (Å²) in [5.74, 6) is -1.07. The topological polar surface area (TPSA) is 43.8 Å². The van der Waals surface area contributed by atoms with Crippen molar-refractivity contribution in [1.82, 2.24) is 9.80 Å². The summed E-state index contributed by atoms with van der Waals surface area (Å²) in [5, 5.41) is 9.21. The lowest BCUT2D eigenvalue weighted by Gasteiger charge is -2.28. The summed E-state index contributed by atoms with van der Waals surface area (Å²) in [6.07, 6.45) is 3.42. The third-order valence-electron chi connectivity index (χ3n) is 4.96. The molecule has 1 fully saturated rings. The van der Waals surface area contributed by atoms with Gasteiger partial charge in [0.1, 0.15) is 0 Å². The average molecular weight is 322 g/mol. The molecule has 0 aromatic heterocycles. The summed E-state index contributed by atoms with van der Waals surface area (Å²) in [7, 11) is 1.83. The van der Waals surface area contributed by atoms with Gasteiger partial charge < -0.3 is 10.0 Å². The van der Waals surface area contributed by atoms with E-state index in [9.17, 15) is 14.3 Å². The van der Waals surface area contributed by atoms with Crippen LogP contribution in [0.25, 0.3) is 0 Å². The molecule has 128 valence electrons. The summed E-state index contributed by atoms with van der Waals surface area (Å²) < 4.78 is 13.4. The second-order valence-corrected chi connectivity index (χ2v) is 6.37. The third kappa shape index (κ3) is 4.22. The number of rotatable bonds is 6. The molecule has 2 rings (SSSR count). The van der Waals surface area contributed by atoms with Gasteiger partial charge in [-0.25, -0.2) is 4.39 Å². The molecule has 23 heavy (non-hydrogen) atoms. The smallest absolute Gasteiger partial charge is 0.227 e. The Morgan fingerprint density at radius 3 is 2.74 bits per heavy atom. The molecule has 0 saturated carbocycles. The Balaban J connectivity index is 1.93. The number of hydrogen-bond acceptors (Lipinski definition) is 3. The van der Waals surface area contributed by atoms with Gasteiger partial charge in [0.05, 0.1) is 6.42 Å². The van der Waals surface area contributed by atoms with Crippen molar-refractivity contribution in [3.63, 3.8) is 0 Å². The van der Waals surface area contributed by atoms with Crippen LogP contribution in [0, 0.1) is 5.82 Å². The van der Waals surface area contributed by atoms with Crippen molar-refractivity contribution in [1.29, 1.82) is 0 Å². The highest BCUT2D eigenvalue weighted by Crippen LogP contribution is 2.21. The molecule has 1 atom stereocenters. The number of halogens is 1. The first-order chi connectivity index (χ1) is 11.0. The third-order valence-corrected chi connectivity index (χ3v) is 4.96. The Morgan fingerprint density at radius 1 is 1.43 bits per heavy atom. The molecule has 1 aliphatic rings. The maximum Gasteiger partial charge on any atom is 0.227 e. The highest BCUT2D eigenvalue weighted by Gasteiger charge is 2.30. The van der Waals surface area contributed by atoms with Crippen molar-refractivity contribution in [3.05, 3.63) is 29.6 Å². The molecule has 0 bridgehead atoms. The van der Waals surface area contributed by atoms with Gasteiger partial charge >= 0.3 is 0 Å². The molecule has 1 amide bonds. The van der Waals surface area contributed by atoms with Crippen LogP contribution in [0.4, 0.5) is 4.39 Å². The lowest BCUT2D eigenvalue weighted by atomic mass is 10.1. The molecule has 1 N–H and O–H groups in total. The van der Waals surface area contributed by atoms with Crippen molar-refractivity contribution >= 4 is 5.91 Å². The van der Waals surface area contributed by atoms with E-state index in [0.29, 0.717) is 11.6 Å². The second kappa shape index (κ2) is 7.77. The van der Waals surface area contributed by atoms with Crippen LogP contribution in [0.1, 0.15) is 38.7 Å². The van der Waals surface area contributed by atoms with Crippen molar-refractivity contribution < 1.29 is 14.3 Å². The summed E-state index contributed by atoms with van der Waals surface area (Å²) in [4.78, 5) is 16.7. The summed E-state index contributed by atoms with van der Waals surface area (Å²) in [6.45, 7) is 6.35. The van der Waals surface area contributed by atoms with Gasteiger partial charge in [0, 0.05) is 32.2 Å². The minimum Gasteiger partial charge on any atom is -0.505 e. The molecule has 0 spiro atoms. The van der Waals surface area contributed by atoms with Crippen molar-refractivity contribution in [2.75, 3.05) is 20.1 Å². The lowest BCUT2D eigenvalue weighted by Crippen LogP contribution is -2.41. The number of aromatic hydroxyl groups is 1. The van der Waals surface area contributed by atoms with Gasteiger partial charge in [-0.3, -0.25) is 9.69 Å². The van der Waals surface area contributed by atoms with Crippen LogP contribution in [0.3, 0.4) is 0 Å². The van der Waals surface area contributed by atoms with Crippen LogP contribution in [0.2, 0.25) is 0 Å². The second-order valence-electron chi connectivity index (χ2n) is 6.37. The van der Waals surface area contributed by atoms with E-state index >= 15 is 0 Å². The zero-order chi connectivity index (χ0) is 17.0. The minimum atomic E-state index is -0.682. The molecule has 1 saturated heterocycles. The first-order valence-electron chi connectivity index (χ1n) is 8.43. The van der Waals surface area contributed by atoms with Crippen molar-refractivity contribution in [3.8, 4) is 5.75 Å². The van der Waals surface area contributed by atoms with E-state index in [1.54, 1.807) is 11.0 Å². The highest BCUT2D eigenvalue weighted by atomic mass is 19.1. The molecule has 1 unspecified atom stereocenters. The normalized spacial score (nSPS) is 18.6. The number of likely N-dealkylation sites (tertiary alicyclic amines) is 1. The van der Waals surface area contributed by atoms with Gasteiger partial charge in [-0.2, -0.15) is 0 Å². The molecule has 4 nitrogen and oxygen atoms in total. The van der Waals surface area contributed by atoms with Crippen molar-refractivity contribution in [2.45, 2.75) is 51.6 Å². The van der Waals surface area contributed by atoms with Crippen LogP contribution in [-0.2, 0) is 11.2 Å². The van der Waals surface area contributed by atoms with E-state index in [0.717, 1.165) is 32.4 Å². The molecule has 1 aliphatic heterocycles. The fourth-order valence-corrected chi connectivity index (χ4v) is 3.38. The maximum absolute atomic E-state index is 13.4. The average Bonchev–Trinajstić information content (AvgIpc) is 3.01. The van der Waals surface area contributed by atoms with E-state index in [2.05, 4.69) is 18.7 Å². The molecule has 1 aromatic rings. The molecule has 1 aromatic carbocycles. The highest BCUT2D eigenvalue weighted by molar-refractivity contribution is 5.79. The summed E-state index contributed by atoms with van der Waals surface area (Å²) >= 11 is 0. The molecule has 5 heteroatoms. The standard InChI is InChI=1S/C18H27FN2O2/c1-4-14(5-2)21-9-8-15(12-21)20(3)18(23)11-13-6-7-17(22)16(19)10-13/h6-7,10,14-15,22H,4-5,8-9,11-12H2,1-3H3. The quantitative estimate of drug-likeness (QED) is 0.876. The van der Waals surface area contributed by atoms with Gasteiger partial charge in [0.15, 0.2) is 11.6 Å². The molecule has 1 heterocycles. The predicted molar refractivity (Wildman–Crippen MR) is 88.9 cm³/mol. The van der Waals surface area contributed by atoms with Crippen LogP contribution in [-0.4, -0.2) is 53.0 Å².